The van der Waals surface area contributed by atoms with E-state index in [4.69, 9.17) is 16.1 Å². The van der Waals surface area contributed by atoms with E-state index in [0.29, 0.717) is 12.2 Å². The van der Waals surface area contributed by atoms with Crippen LogP contribution in [0.5, 0.6) is 0 Å². The number of hydrogen-bond donors (Lipinski definition) is 3. The van der Waals surface area contributed by atoms with Gasteiger partial charge in [0, 0.05) is 24.6 Å². The Balaban J connectivity index is 0. The molecule has 1 heterocycles. The monoisotopic (exact) mass is 242 g/mol. The van der Waals surface area contributed by atoms with E-state index in [9.17, 15) is 9.59 Å². The first kappa shape index (κ1) is 17.0. The molecular formula is C10H14N2O5. The first-order chi connectivity index (χ1) is 7.52. The summed E-state index contributed by atoms with van der Waals surface area (Å²) < 4.78 is 0. The molecule has 7 heteroatoms. The second kappa shape index (κ2) is 10.1. The van der Waals surface area contributed by atoms with Crippen LogP contribution in [-0.4, -0.2) is 32.6 Å². The maximum absolute atomic E-state index is 9.55. The molecule has 0 bridgehead atoms. The molecule has 6 N–H and O–H groups in total. The fraction of sp³-hybridized carbons (Fsp3) is 0. The molecule has 0 aromatic rings. The molecule has 0 saturated carbocycles. The zero-order valence-electron chi connectivity index (χ0n) is 8.85. The number of hydrogen-bond acceptors (Lipinski definition) is 4. The minimum absolute atomic E-state index is 0. The molecule has 0 spiro atoms. The zero-order chi connectivity index (χ0) is 12.4. The summed E-state index contributed by atoms with van der Waals surface area (Å²) in [5.74, 6) is 2.84. The van der Waals surface area contributed by atoms with Gasteiger partial charge in [-0.05, 0) is 12.2 Å². The number of aliphatic carboxylic acids is 2. The molecule has 0 amide bonds. The van der Waals surface area contributed by atoms with E-state index in [1.54, 1.807) is 12.4 Å². The van der Waals surface area contributed by atoms with E-state index >= 15 is 0 Å². The van der Waals surface area contributed by atoms with Gasteiger partial charge in [-0.1, -0.05) is 12.2 Å². The Bertz CT molecular complexity index is 326. The second-order valence-electron chi connectivity index (χ2n) is 2.52. The SMILES string of the molecule is NN1C=CC=CC=C1.O.O=C(O)/C=C\C(=O)O. The van der Waals surface area contributed by atoms with Crippen molar-refractivity contribution in [2.75, 3.05) is 0 Å². The highest BCUT2D eigenvalue weighted by molar-refractivity contribution is 5.89. The van der Waals surface area contributed by atoms with E-state index < -0.39 is 11.9 Å². The van der Waals surface area contributed by atoms with Crippen molar-refractivity contribution in [3.63, 3.8) is 0 Å². The lowest BCUT2D eigenvalue weighted by molar-refractivity contribution is -0.134. The highest BCUT2D eigenvalue weighted by Gasteiger charge is 1.88. The van der Waals surface area contributed by atoms with Crippen LogP contribution in [0, 0.1) is 0 Å². The van der Waals surface area contributed by atoms with Crippen molar-refractivity contribution in [3.8, 4) is 0 Å². The third kappa shape index (κ3) is 13.6. The molecule has 1 aliphatic rings. The number of carboxylic acid groups (broad SMARTS) is 2. The zero-order valence-corrected chi connectivity index (χ0v) is 8.85. The summed E-state index contributed by atoms with van der Waals surface area (Å²) >= 11 is 0. The normalized spacial score (nSPS) is 12.4. The molecule has 0 saturated heterocycles. The van der Waals surface area contributed by atoms with Gasteiger partial charge in [-0.25, -0.2) is 15.4 Å². The number of hydrazine groups is 1. The van der Waals surface area contributed by atoms with E-state index in [0.717, 1.165) is 0 Å². The van der Waals surface area contributed by atoms with Crippen molar-refractivity contribution in [2.24, 2.45) is 5.84 Å². The van der Waals surface area contributed by atoms with E-state index in [1.807, 2.05) is 24.3 Å². The summed E-state index contributed by atoms with van der Waals surface area (Å²) in [6, 6.07) is 0. The van der Waals surface area contributed by atoms with Gasteiger partial charge in [0.05, 0.1) is 0 Å². The van der Waals surface area contributed by atoms with Crippen molar-refractivity contribution >= 4 is 11.9 Å². The lowest BCUT2D eigenvalue weighted by Gasteiger charge is -2.02. The number of allylic oxidation sites excluding steroid dienone is 4. The minimum Gasteiger partial charge on any atom is -0.478 e. The third-order valence-corrected chi connectivity index (χ3v) is 1.22. The van der Waals surface area contributed by atoms with Gasteiger partial charge < -0.3 is 15.7 Å². The number of nitrogens with zero attached hydrogens (tertiary/aromatic N) is 1. The Kier molecular flexibility index (Phi) is 10.2. The second-order valence-corrected chi connectivity index (χ2v) is 2.52. The van der Waals surface area contributed by atoms with Crippen molar-refractivity contribution < 1.29 is 25.3 Å². The van der Waals surface area contributed by atoms with Crippen molar-refractivity contribution in [3.05, 3.63) is 48.9 Å². The number of carboxylic acids is 2. The summed E-state index contributed by atoms with van der Waals surface area (Å²) in [6.45, 7) is 0. The number of carbonyl (C=O) groups is 2. The molecule has 0 atom stereocenters. The van der Waals surface area contributed by atoms with Crippen LogP contribution in [0.15, 0.2) is 48.9 Å². The Hall–Kier alpha value is -2.38. The maximum atomic E-state index is 9.55. The van der Waals surface area contributed by atoms with Crippen molar-refractivity contribution in [1.82, 2.24) is 5.01 Å². The van der Waals surface area contributed by atoms with Crippen LogP contribution < -0.4 is 5.84 Å². The lowest BCUT2D eigenvalue weighted by Crippen LogP contribution is -2.16. The Morgan fingerprint density at radius 2 is 1.29 bits per heavy atom. The fourth-order valence-corrected chi connectivity index (χ4v) is 0.619. The van der Waals surface area contributed by atoms with Crippen LogP contribution in [0.3, 0.4) is 0 Å². The standard InChI is InChI=1S/C6H8N2.C4H4O4.H2O/c7-8-5-3-1-2-4-6-8;5-3(6)1-2-4(7)8;/h1-6H,7H2;1-2H,(H,5,6)(H,7,8);1H2/b;2-1-;. The van der Waals surface area contributed by atoms with E-state index in [-0.39, 0.29) is 5.48 Å². The molecule has 0 unspecified atom stereocenters. The maximum Gasteiger partial charge on any atom is 0.328 e. The molecule has 0 radical (unpaired) electrons. The minimum atomic E-state index is -1.26. The van der Waals surface area contributed by atoms with E-state index in [1.165, 1.54) is 5.01 Å². The molecule has 7 nitrogen and oxygen atoms in total. The molecule has 17 heavy (non-hydrogen) atoms. The Morgan fingerprint density at radius 1 is 0.941 bits per heavy atom. The highest BCUT2D eigenvalue weighted by Crippen LogP contribution is 1.89. The molecule has 1 rings (SSSR count). The van der Waals surface area contributed by atoms with Gasteiger partial charge in [-0.2, -0.15) is 0 Å². The van der Waals surface area contributed by atoms with Crippen LogP contribution >= 0.6 is 0 Å². The molecule has 0 aliphatic carbocycles. The van der Waals surface area contributed by atoms with Gasteiger partial charge in [0.15, 0.2) is 0 Å². The molecular weight excluding hydrogens is 228 g/mol. The van der Waals surface area contributed by atoms with Crippen LogP contribution in [0.1, 0.15) is 0 Å². The Morgan fingerprint density at radius 3 is 1.59 bits per heavy atom. The predicted molar refractivity (Wildman–Crippen MR) is 61.5 cm³/mol. The molecule has 0 fully saturated rings. The average Bonchev–Trinajstić information content (AvgIpc) is 2.44. The smallest absolute Gasteiger partial charge is 0.328 e. The molecule has 0 aromatic carbocycles. The molecule has 94 valence electrons. The summed E-state index contributed by atoms with van der Waals surface area (Å²) in [6.07, 6.45) is 12.3. The summed E-state index contributed by atoms with van der Waals surface area (Å²) in [7, 11) is 0. The van der Waals surface area contributed by atoms with Crippen molar-refractivity contribution in [1.29, 1.82) is 0 Å². The van der Waals surface area contributed by atoms with Gasteiger partial charge in [0.25, 0.3) is 0 Å². The predicted octanol–water partition coefficient (Wildman–Crippen LogP) is -0.354. The average molecular weight is 242 g/mol. The quantitative estimate of drug-likeness (QED) is 0.447. The number of rotatable bonds is 2. The molecule has 0 aromatic heterocycles. The summed E-state index contributed by atoms with van der Waals surface area (Å²) in [5, 5.41) is 17.1. The van der Waals surface area contributed by atoms with Crippen LogP contribution in [0.25, 0.3) is 0 Å². The van der Waals surface area contributed by atoms with Gasteiger partial charge in [0.2, 0.25) is 0 Å². The molecule has 1 aliphatic heterocycles. The first-order valence-corrected chi connectivity index (χ1v) is 4.21. The third-order valence-electron chi connectivity index (χ3n) is 1.22. The van der Waals surface area contributed by atoms with Crippen LogP contribution in [-0.2, 0) is 9.59 Å². The van der Waals surface area contributed by atoms with E-state index in [2.05, 4.69) is 0 Å². The summed E-state index contributed by atoms with van der Waals surface area (Å²) in [5.41, 5.74) is 0. The largest absolute Gasteiger partial charge is 0.478 e. The van der Waals surface area contributed by atoms with Gasteiger partial charge in [-0.15, -0.1) is 0 Å². The van der Waals surface area contributed by atoms with Crippen LogP contribution in [0.2, 0.25) is 0 Å². The summed E-state index contributed by atoms with van der Waals surface area (Å²) in [4.78, 5) is 19.1. The Labute approximate surface area is 97.7 Å². The fourth-order valence-electron chi connectivity index (χ4n) is 0.619. The van der Waals surface area contributed by atoms with Gasteiger partial charge >= 0.3 is 11.9 Å². The number of nitrogens with two attached hydrogens (primary N) is 1. The first-order valence-electron chi connectivity index (χ1n) is 4.21. The van der Waals surface area contributed by atoms with Gasteiger partial charge in [0.1, 0.15) is 0 Å². The highest BCUT2D eigenvalue weighted by atomic mass is 16.4. The lowest BCUT2D eigenvalue weighted by atomic mass is 10.5. The van der Waals surface area contributed by atoms with Gasteiger partial charge in [-0.3, -0.25) is 5.01 Å². The van der Waals surface area contributed by atoms with Crippen LogP contribution in [0.4, 0.5) is 0 Å². The topological polar surface area (TPSA) is 135 Å². The van der Waals surface area contributed by atoms with Crippen molar-refractivity contribution in [2.45, 2.75) is 0 Å².